The lowest BCUT2D eigenvalue weighted by Crippen LogP contribution is -2.52. The second-order valence-electron chi connectivity index (χ2n) is 7.68. The number of hydrogen-bond donors (Lipinski definition) is 0. The van der Waals surface area contributed by atoms with Crippen LogP contribution in [-0.2, 0) is 9.59 Å². The van der Waals surface area contributed by atoms with Crippen molar-refractivity contribution >= 4 is 17.5 Å². The van der Waals surface area contributed by atoms with Crippen molar-refractivity contribution in [1.29, 1.82) is 0 Å². The molecule has 0 bridgehead atoms. The van der Waals surface area contributed by atoms with Gasteiger partial charge in [-0.25, -0.2) is 0 Å². The summed E-state index contributed by atoms with van der Waals surface area (Å²) in [6, 6.07) is 8.43. The number of carbonyl (C=O) groups is 2. The maximum absolute atomic E-state index is 12.6. The van der Waals surface area contributed by atoms with Gasteiger partial charge in [-0.15, -0.1) is 0 Å². The van der Waals surface area contributed by atoms with Crippen LogP contribution in [0.15, 0.2) is 24.3 Å². The lowest BCUT2D eigenvalue weighted by atomic mass is 10.1. The van der Waals surface area contributed by atoms with E-state index in [1.807, 2.05) is 31.2 Å². The molecule has 142 valence electrons. The number of aryl methyl sites for hydroxylation is 1. The molecule has 2 saturated heterocycles. The highest BCUT2D eigenvalue weighted by molar-refractivity contribution is 5.97. The Bertz CT molecular complexity index is 623. The van der Waals surface area contributed by atoms with E-state index >= 15 is 0 Å². The maximum atomic E-state index is 12.6. The normalized spacial score (nSPS) is 20.3. The number of piperazine rings is 1. The molecule has 5 nitrogen and oxygen atoms in total. The predicted octanol–water partition coefficient (Wildman–Crippen LogP) is 2.82. The van der Waals surface area contributed by atoms with Gasteiger partial charge in [-0.2, -0.15) is 0 Å². The molecule has 0 aromatic heterocycles. The van der Waals surface area contributed by atoms with Crippen LogP contribution in [0.5, 0.6) is 0 Å². The fourth-order valence-corrected chi connectivity index (χ4v) is 3.92. The van der Waals surface area contributed by atoms with Crippen LogP contribution < -0.4 is 4.90 Å². The van der Waals surface area contributed by atoms with Gasteiger partial charge < -0.3 is 14.7 Å². The standard InChI is InChI=1S/C21H31N3O2/c1-17-6-9-19(10-7-17)24-15-14-23(16-21(24)26)20(25)11-8-18(2)22-12-4-3-5-13-22/h6-7,9-10,18H,3-5,8,11-16H2,1-2H3. The van der Waals surface area contributed by atoms with Gasteiger partial charge >= 0.3 is 0 Å². The van der Waals surface area contributed by atoms with E-state index in [1.54, 1.807) is 9.80 Å². The van der Waals surface area contributed by atoms with Crippen molar-refractivity contribution in [1.82, 2.24) is 9.80 Å². The minimum atomic E-state index is 0.0116. The third-order valence-electron chi connectivity index (χ3n) is 5.71. The molecule has 0 spiro atoms. The Balaban J connectivity index is 1.47. The van der Waals surface area contributed by atoms with E-state index in [9.17, 15) is 9.59 Å². The van der Waals surface area contributed by atoms with Gasteiger partial charge in [0.25, 0.3) is 0 Å². The highest BCUT2D eigenvalue weighted by Crippen LogP contribution is 2.19. The fraction of sp³-hybridized carbons (Fsp3) is 0.619. The molecule has 2 heterocycles. The van der Waals surface area contributed by atoms with Crippen LogP contribution in [0, 0.1) is 6.92 Å². The topological polar surface area (TPSA) is 43.9 Å². The zero-order valence-corrected chi connectivity index (χ0v) is 16.1. The molecular formula is C21H31N3O2. The van der Waals surface area contributed by atoms with Gasteiger partial charge in [-0.05, 0) is 58.3 Å². The molecule has 3 rings (SSSR count). The zero-order valence-electron chi connectivity index (χ0n) is 16.1. The summed E-state index contributed by atoms with van der Waals surface area (Å²) < 4.78 is 0. The second kappa shape index (κ2) is 8.67. The Kier molecular flexibility index (Phi) is 6.30. The van der Waals surface area contributed by atoms with Crippen molar-refractivity contribution in [2.45, 2.75) is 52.0 Å². The number of carbonyl (C=O) groups excluding carboxylic acids is 2. The van der Waals surface area contributed by atoms with Crippen LogP contribution in [0.1, 0.15) is 44.6 Å². The van der Waals surface area contributed by atoms with Crippen LogP contribution in [0.25, 0.3) is 0 Å². The van der Waals surface area contributed by atoms with Crippen LogP contribution in [0.4, 0.5) is 5.69 Å². The van der Waals surface area contributed by atoms with E-state index < -0.39 is 0 Å². The molecule has 0 saturated carbocycles. The molecule has 5 heteroatoms. The van der Waals surface area contributed by atoms with Crippen molar-refractivity contribution in [3.63, 3.8) is 0 Å². The Morgan fingerprint density at radius 2 is 1.73 bits per heavy atom. The molecule has 1 aromatic rings. The molecule has 0 N–H and O–H groups in total. The van der Waals surface area contributed by atoms with E-state index in [1.165, 1.54) is 24.8 Å². The molecule has 2 fully saturated rings. The van der Waals surface area contributed by atoms with Gasteiger partial charge in [0.1, 0.15) is 6.54 Å². The first-order valence-electron chi connectivity index (χ1n) is 9.93. The van der Waals surface area contributed by atoms with Gasteiger partial charge in [0.15, 0.2) is 0 Å². The summed E-state index contributed by atoms with van der Waals surface area (Å²) in [6.07, 6.45) is 5.29. The summed E-state index contributed by atoms with van der Waals surface area (Å²) in [7, 11) is 0. The molecule has 1 unspecified atom stereocenters. The van der Waals surface area contributed by atoms with E-state index in [2.05, 4.69) is 11.8 Å². The molecule has 1 aromatic carbocycles. The SMILES string of the molecule is Cc1ccc(N2CCN(C(=O)CCC(C)N3CCCCC3)CC2=O)cc1. The Hall–Kier alpha value is -1.88. The summed E-state index contributed by atoms with van der Waals surface area (Å²) in [6.45, 7) is 7.97. The monoisotopic (exact) mass is 357 g/mol. The first-order valence-corrected chi connectivity index (χ1v) is 9.93. The van der Waals surface area contributed by atoms with Crippen LogP contribution in [-0.4, -0.2) is 60.4 Å². The van der Waals surface area contributed by atoms with E-state index in [4.69, 9.17) is 0 Å². The first kappa shape index (κ1) is 18.9. The number of rotatable bonds is 5. The van der Waals surface area contributed by atoms with Crippen LogP contribution in [0.2, 0.25) is 0 Å². The molecule has 2 aliphatic rings. The van der Waals surface area contributed by atoms with Crippen molar-refractivity contribution in [2.24, 2.45) is 0 Å². The van der Waals surface area contributed by atoms with E-state index in [0.29, 0.717) is 25.6 Å². The average molecular weight is 357 g/mol. The van der Waals surface area contributed by atoms with E-state index in [-0.39, 0.29) is 18.4 Å². The summed E-state index contributed by atoms with van der Waals surface area (Å²) in [5, 5.41) is 0. The van der Waals surface area contributed by atoms with Crippen molar-refractivity contribution in [2.75, 3.05) is 37.6 Å². The number of anilines is 1. The van der Waals surface area contributed by atoms with Gasteiger partial charge in [0, 0.05) is 31.2 Å². The van der Waals surface area contributed by atoms with Crippen LogP contribution >= 0.6 is 0 Å². The minimum absolute atomic E-state index is 0.0116. The molecule has 0 aliphatic carbocycles. The highest BCUT2D eigenvalue weighted by atomic mass is 16.2. The Labute approximate surface area is 156 Å². The molecule has 0 radical (unpaired) electrons. The lowest BCUT2D eigenvalue weighted by molar-refractivity contribution is -0.137. The van der Waals surface area contributed by atoms with Crippen molar-refractivity contribution in [3.8, 4) is 0 Å². The molecule has 1 atom stereocenters. The summed E-state index contributed by atoms with van der Waals surface area (Å²) in [5.74, 6) is 0.128. The third kappa shape index (κ3) is 4.64. The van der Waals surface area contributed by atoms with E-state index in [0.717, 1.165) is 25.2 Å². The molecule has 2 amide bonds. The largest absolute Gasteiger partial charge is 0.332 e. The first-order chi connectivity index (χ1) is 12.5. The zero-order chi connectivity index (χ0) is 18.5. The van der Waals surface area contributed by atoms with Gasteiger partial charge in [0.2, 0.25) is 11.8 Å². The predicted molar refractivity (Wildman–Crippen MR) is 104 cm³/mol. The van der Waals surface area contributed by atoms with Crippen molar-refractivity contribution < 1.29 is 9.59 Å². The number of nitrogens with zero attached hydrogens (tertiary/aromatic N) is 3. The smallest absolute Gasteiger partial charge is 0.246 e. The average Bonchev–Trinajstić information content (AvgIpc) is 2.67. The van der Waals surface area contributed by atoms with Gasteiger partial charge in [-0.3, -0.25) is 9.59 Å². The van der Waals surface area contributed by atoms with Gasteiger partial charge in [0.05, 0.1) is 0 Å². The molecule has 2 aliphatic heterocycles. The molecular weight excluding hydrogens is 326 g/mol. The summed E-state index contributed by atoms with van der Waals surface area (Å²) >= 11 is 0. The third-order valence-corrected chi connectivity index (χ3v) is 5.71. The Morgan fingerprint density at radius 3 is 2.38 bits per heavy atom. The van der Waals surface area contributed by atoms with Crippen molar-refractivity contribution in [3.05, 3.63) is 29.8 Å². The number of hydrogen-bond acceptors (Lipinski definition) is 3. The summed E-state index contributed by atoms with van der Waals surface area (Å²) in [4.78, 5) is 31.1. The van der Waals surface area contributed by atoms with Gasteiger partial charge in [-0.1, -0.05) is 24.1 Å². The number of benzene rings is 1. The lowest BCUT2D eigenvalue weighted by Gasteiger charge is -2.35. The second-order valence-corrected chi connectivity index (χ2v) is 7.68. The Morgan fingerprint density at radius 1 is 1.04 bits per heavy atom. The highest BCUT2D eigenvalue weighted by Gasteiger charge is 2.28. The number of amides is 2. The van der Waals surface area contributed by atoms with Crippen LogP contribution in [0.3, 0.4) is 0 Å². The quantitative estimate of drug-likeness (QED) is 0.814. The minimum Gasteiger partial charge on any atom is -0.332 e. The fourth-order valence-electron chi connectivity index (χ4n) is 3.92. The molecule has 26 heavy (non-hydrogen) atoms. The number of piperidine rings is 1. The number of likely N-dealkylation sites (tertiary alicyclic amines) is 1. The summed E-state index contributed by atoms with van der Waals surface area (Å²) in [5.41, 5.74) is 2.10. The maximum Gasteiger partial charge on any atom is 0.246 e.